The maximum Gasteiger partial charge on any atom is 0.396 e. The lowest BCUT2D eigenvalue weighted by molar-refractivity contribution is -0.154. The molecule has 1 aromatic rings. The fraction of sp³-hybridized carbons (Fsp3) is 0.231. The first kappa shape index (κ1) is 15.3. The number of carbonyl (C=O) groups is 3. The molecule has 0 bridgehead atoms. The van der Waals surface area contributed by atoms with Crippen molar-refractivity contribution in [3.63, 3.8) is 0 Å². The second-order valence-corrected chi connectivity index (χ2v) is 3.67. The molecule has 1 aromatic carbocycles. The summed E-state index contributed by atoms with van der Waals surface area (Å²) >= 11 is 0. The van der Waals surface area contributed by atoms with E-state index < -0.39 is 30.0 Å². The van der Waals surface area contributed by atoms with Gasteiger partial charge in [0, 0.05) is 5.56 Å². The summed E-state index contributed by atoms with van der Waals surface area (Å²) in [5.74, 6) is -3.52. The van der Waals surface area contributed by atoms with E-state index in [1.54, 1.807) is 6.07 Å². The lowest BCUT2D eigenvalue weighted by Gasteiger charge is -2.04. The third kappa shape index (κ3) is 4.17. The van der Waals surface area contributed by atoms with Crippen LogP contribution in [0.15, 0.2) is 18.2 Å². The van der Waals surface area contributed by atoms with Gasteiger partial charge < -0.3 is 10.1 Å². The fourth-order valence-corrected chi connectivity index (χ4v) is 1.35. The van der Waals surface area contributed by atoms with Crippen LogP contribution in [-0.4, -0.2) is 30.8 Å². The zero-order valence-electron chi connectivity index (χ0n) is 10.6. The molecule has 0 unspecified atom stereocenters. The summed E-state index contributed by atoms with van der Waals surface area (Å²) in [6.07, 6.45) is 0. The Hall–Kier alpha value is -2.75. The highest BCUT2D eigenvalue weighted by Crippen LogP contribution is 2.09. The van der Waals surface area contributed by atoms with Crippen molar-refractivity contribution in [2.45, 2.75) is 6.92 Å². The average molecular weight is 278 g/mol. The monoisotopic (exact) mass is 278 g/mol. The van der Waals surface area contributed by atoms with Crippen LogP contribution in [0.4, 0.5) is 4.39 Å². The number of halogens is 1. The van der Waals surface area contributed by atoms with Crippen molar-refractivity contribution in [3.05, 3.63) is 35.1 Å². The second kappa shape index (κ2) is 6.99. The number of hydrogen-bond acceptors (Lipinski definition) is 5. The highest BCUT2D eigenvalue weighted by molar-refractivity contribution is 6.32. The van der Waals surface area contributed by atoms with Crippen LogP contribution in [0.3, 0.4) is 0 Å². The number of hydrogen-bond donors (Lipinski definition) is 1. The SMILES string of the molecule is CCOC(=O)C(=O)NCC(=O)c1cc(F)cc(C#N)c1. The molecule has 0 aliphatic rings. The van der Waals surface area contributed by atoms with Crippen LogP contribution in [-0.2, 0) is 14.3 Å². The second-order valence-electron chi connectivity index (χ2n) is 3.67. The average Bonchev–Trinajstić information content (AvgIpc) is 2.43. The Bertz CT molecular complexity index is 593. The number of rotatable bonds is 4. The molecule has 1 rings (SSSR count). The van der Waals surface area contributed by atoms with Gasteiger partial charge in [-0.1, -0.05) is 0 Å². The molecule has 0 heterocycles. The Morgan fingerprint density at radius 3 is 2.65 bits per heavy atom. The molecular formula is C13H11FN2O4. The number of nitriles is 1. The summed E-state index contributed by atoms with van der Waals surface area (Å²) in [6.45, 7) is 1.08. The number of carbonyl (C=O) groups excluding carboxylic acids is 3. The van der Waals surface area contributed by atoms with Crippen molar-refractivity contribution < 1.29 is 23.5 Å². The smallest absolute Gasteiger partial charge is 0.396 e. The van der Waals surface area contributed by atoms with Crippen molar-refractivity contribution in [2.24, 2.45) is 0 Å². The number of Topliss-reactive ketones (excluding diaryl/α,β-unsaturated/α-hetero) is 1. The molecule has 0 radical (unpaired) electrons. The van der Waals surface area contributed by atoms with E-state index in [2.05, 4.69) is 10.1 Å². The molecule has 20 heavy (non-hydrogen) atoms. The van der Waals surface area contributed by atoms with Crippen LogP contribution < -0.4 is 5.32 Å². The summed E-state index contributed by atoms with van der Waals surface area (Å²) in [6, 6.07) is 4.83. The van der Waals surface area contributed by atoms with Gasteiger partial charge in [0.15, 0.2) is 5.78 Å². The van der Waals surface area contributed by atoms with Crippen molar-refractivity contribution in [2.75, 3.05) is 13.2 Å². The van der Waals surface area contributed by atoms with Gasteiger partial charge in [0.1, 0.15) is 5.82 Å². The first-order valence-corrected chi connectivity index (χ1v) is 5.66. The number of benzene rings is 1. The number of ether oxygens (including phenoxy) is 1. The molecule has 6 nitrogen and oxygen atoms in total. The largest absolute Gasteiger partial charge is 0.459 e. The van der Waals surface area contributed by atoms with Crippen molar-refractivity contribution >= 4 is 17.7 Å². The summed E-state index contributed by atoms with van der Waals surface area (Å²) < 4.78 is 17.6. The minimum atomic E-state index is -1.10. The molecular weight excluding hydrogens is 267 g/mol. The van der Waals surface area contributed by atoms with Gasteiger partial charge in [-0.05, 0) is 25.1 Å². The van der Waals surface area contributed by atoms with Gasteiger partial charge in [-0.25, -0.2) is 9.18 Å². The van der Waals surface area contributed by atoms with Crippen LogP contribution in [0.5, 0.6) is 0 Å². The Balaban J connectivity index is 2.68. The van der Waals surface area contributed by atoms with E-state index in [0.717, 1.165) is 12.1 Å². The van der Waals surface area contributed by atoms with Crippen LogP contribution >= 0.6 is 0 Å². The molecule has 0 saturated carbocycles. The molecule has 1 N–H and O–H groups in total. The number of ketones is 1. The number of nitrogens with zero attached hydrogens (tertiary/aromatic N) is 1. The topological polar surface area (TPSA) is 96.3 Å². The molecule has 0 aromatic heterocycles. The zero-order chi connectivity index (χ0) is 15.1. The van der Waals surface area contributed by atoms with Crippen LogP contribution in [0.25, 0.3) is 0 Å². The fourth-order valence-electron chi connectivity index (χ4n) is 1.35. The Labute approximate surface area is 114 Å². The van der Waals surface area contributed by atoms with Gasteiger partial charge in [0.25, 0.3) is 0 Å². The van der Waals surface area contributed by atoms with E-state index in [9.17, 15) is 18.8 Å². The standard InChI is InChI=1S/C13H11FN2O4/c1-2-20-13(19)12(18)16-7-11(17)9-3-8(6-15)4-10(14)5-9/h3-5H,2,7H2,1H3,(H,16,18). The number of esters is 1. The maximum absolute atomic E-state index is 13.1. The quantitative estimate of drug-likeness (QED) is 0.493. The minimum Gasteiger partial charge on any atom is -0.459 e. The molecule has 1 amide bonds. The first-order valence-electron chi connectivity index (χ1n) is 5.66. The van der Waals surface area contributed by atoms with Gasteiger partial charge in [0.05, 0.1) is 24.8 Å². The molecule has 0 spiro atoms. The summed E-state index contributed by atoms with van der Waals surface area (Å²) in [4.78, 5) is 33.9. The van der Waals surface area contributed by atoms with Gasteiger partial charge in [0.2, 0.25) is 0 Å². The van der Waals surface area contributed by atoms with Crippen LogP contribution in [0.2, 0.25) is 0 Å². The molecule has 0 aliphatic heterocycles. The normalized spacial score (nSPS) is 9.45. The summed E-state index contributed by atoms with van der Waals surface area (Å²) in [5, 5.41) is 10.7. The van der Waals surface area contributed by atoms with Gasteiger partial charge in [-0.3, -0.25) is 9.59 Å². The molecule has 0 fully saturated rings. The van der Waals surface area contributed by atoms with Gasteiger partial charge >= 0.3 is 11.9 Å². The minimum absolute atomic E-state index is 0.00920. The zero-order valence-corrected chi connectivity index (χ0v) is 10.6. The molecule has 7 heteroatoms. The predicted octanol–water partition coefficient (Wildman–Crippen LogP) is 0.559. The lowest BCUT2D eigenvalue weighted by atomic mass is 10.1. The highest BCUT2D eigenvalue weighted by atomic mass is 19.1. The van der Waals surface area contributed by atoms with E-state index in [0.29, 0.717) is 0 Å². The van der Waals surface area contributed by atoms with Gasteiger partial charge in [-0.2, -0.15) is 5.26 Å². The van der Waals surface area contributed by atoms with E-state index >= 15 is 0 Å². The Morgan fingerprint density at radius 1 is 1.35 bits per heavy atom. The predicted molar refractivity (Wildman–Crippen MR) is 65.1 cm³/mol. The van der Waals surface area contributed by atoms with Gasteiger partial charge in [-0.15, -0.1) is 0 Å². The summed E-state index contributed by atoms with van der Waals surface area (Å²) in [5.41, 5.74) is -0.0734. The first-order chi connectivity index (χ1) is 9.47. The molecule has 0 aliphatic carbocycles. The van der Waals surface area contributed by atoms with Crippen LogP contribution in [0.1, 0.15) is 22.8 Å². The number of nitrogens with one attached hydrogen (secondary N) is 1. The number of amides is 1. The molecule has 104 valence electrons. The third-order valence-electron chi connectivity index (χ3n) is 2.22. The highest BCUT2D eigenvalue weighted by Gasteiger charge is 2.16. The van der Waals surface area contributed by atoms with E-state index in [-0.39, 0.29) is 17.7 Å². The molecule has 0 atom stereocenters. The van der Waals surface area contributed by atoms with E-state index in [1.807, 2.05) is 0 Å². The van der Waals surface area contributed by atoms with Crippen molar-refractivity contribution in [1.82, 2.24) is 5.32 Å². The van der Waals surface area contributed by atoms with Crippen molar-refractivity contribution in [3.8, 4) is 6.07 Å². The maximum atomic E-state index is 13.1. The van der Waals surface area contributed by atoms with Crippen molar-refractivity contribution in [1.29, 1.82) is 5.26 Å². The Morgan fingerprint density at radius 2 is 2.05 bits per heavy atom. The molecule has 0 saturated heterocycles. The van der Waals surface area contributed by atoms with E-state index in [4.69, 9.17) is 5.26 Å². The van der Waals surface area contributed by atoms with E-state index in [1.165, 1.54) is 13.0 Å². The lowest BCUT2D eigenvalue weighted by Crippen LogP contribution is -2.36. The summed E-state index contributed by atoms with van der Waals surface area (Å²) in [7, 11) is 0. The van der Waals surface area contributed by atoms with Crippen LogP contribution in [0, 0.1) is 17.1 Å². The Kier molecular flexibility index (Phi) is 5.35. The third-order valence-corrected chi connectivity index (χ3v) is 2.22.